The molecular formula is C40H50N8O8S2. The minimum Gasteiger partial charge on any atom is -0.497 e. The molecule has 310 valence electrons. The molecule has 0 radical (unpaired) electrons. The van der Waals surface area contributed by atoms with E-state index in [1.807, 2.05) is 41.8 Å². The van der Waals surface area contributed by atoms with Crippen LogP contribution in [0, 0.1) is 5.92 Å². The van der Waals surface area contributed by atoms with Crippen LogP contribution in [0.5, 0.6) is 5.75 Å². The van der Waals surface area contributed by atoms with Crippen LogP contribution in [-0.4, -0.2) is 99.7 Å². The van der Waals surface area contributed by atoms with E-state index >= 15 is 0 Å². The molecular weight excluding hydrogens is 785 g/mol. The Kier molecular flexibility index (Phi) is 11.6. The number of fused-ring (bicyclic) bond motifs is 2. The lowest BCUT2D eigenvalue weighted by Crippen LogP contribution is -2.58. The predicted molar refractivity (Wildman–Crippen MR) is 214 cm³/mol. The van der Waals surface area contributed by atoms with E-state index in [0.717, 1.165) is 50.5 Å². The van der Waals surface area contributed by atoms with Gasteiger partial charge in [-0.1, -0.05) is 31.4 Å². The molecule has 58 heavy (non-hydrogen) atoms. The Balaban J connectivity index is 1.12. The largest absolute Gasteiger partial charge is 0.497 e. The summed E-state index contributed by atoms with van der Waals surface area (Å²) in [4.78, 5) is 64.0. The van der Waals surface area contributed by atoms with Gasteiger partial charge in [0.15, 0.2) is 0 Å². The average Bonchev–Trinajstić information content (AvgIpc) is 3.97. The van der Waals surface area contributed by atoms with E-state index in [1.54, 1.807) is 13.3 Å². The standard InChI is InChI=1S/C40H50N8O8S2/c1-55-28-16-14-25(15-17-28)33-34(36-41-20-21-57-36)45-48(44-33)27-22-32-35(49)43-40(38(51)46-58(53,54)30-18-19-30)23-26(40)10-6-3-2-4-9-13-31(37(50)47(32)24-27)42-39(52)56-29-11-7-5-8-12-29/h6,10,14-17,20-21,26-27,29-32H,2-5,7-9,11-13,18-19,22-24H2,1H3,(H,42,52)(H,43,49)(H,46,51)/b10-6+/t26-,27-,31-,32+,40-/m1/s1. The van der Waals surface area contributed by atoms with E-state index in [1.165, 1.54) is 21.0 Å². The summed E-state index contributed by atoms with van der Waals surface area (Å²) in [5, 5.41) is 17.5. The molecule has 1 saturated heterocycles. The molecule has 18 heteroatoms. The number of rotatable bonds is 9. The van der Waals surface area contributed by atoms with Crippen molar-refractivity contribution in [3.8, 4) is 27.7 Å². The second-order valence-corrected chi connectivity index (χ2v) is 18.9. The number of alkyl carbamates (subject to hydrolysis) is 1. The summed E-state index contributed by atoms with van der Waals surface area (Å²) in [5.74, 6) is -1.60. The normalized spacial score (nSPS) is 27.6. The van der Waals surface area contributed by atoms with Crippen molar-refractivity contribution >= 4 is 45.2 Å². The van der Waals surface area contributed by atoms with Crippen molar-refractivity contribution in [2.75, 3.05) is 13.7 Å². The van der Waals surface area contributed by atoms with Crippen LogP contribution in [0.1, 0.15) is 95.9 Å². The van der Waals surface area contributed by atoms with E-state index in [-0.39, 0.29) is 25.5 Å². The minimum atomic E-state index is -3.90. The molecule has 3 N–H and O–H groups in total. The van der Waals surface area contributed by atoms with E-state index < -0.39 is 68.7 Å². The minimum absolute atomic E-state index is 0.0272. The Bertz CT molecular complexity index is 2130. The molecule has 0 bridgehead atoms. The number of thiazole rings is 1. The number of carbonyl (C=O) groups excluding carboxylic acids is 4. The summed E-state index contributed by atoms with van der Waals surface area (Å²) in [6.07, 6.45) is 13.7. The number of carbonyl (C=O) groups is 4. The Morgan fingerprint density at radius 1 is 0.966 bits per heavy atom. The van der Waals surface area contributed by atoms with Gasteiger partial charge in [0, 0.05) is 36.0 Å². The van der Waals surface area contributed by atoms with Crippen molar-refractivity contribution in [1.82, 2.24) is 40.2 Å². The number of ether oxygens (including phenoxy) is 2. The van der Waals surface area contributed by atoms with Crippen LogP contribution in [0.15, 0.2) is 48.0 Å². The first-order chi connectivity index (χ1) is 28.0. The molecule has 3 saturated carbocycles. The van der Waals surface area contributed by atoms with Gasteiger partial charge in [0.2, 0.25) is 21.8 Å². The number of benzene rings is 1. The van der Waals surface area contributed by atoms with E-state index in [0.29, 0.717) is 54.2 Å². The van der Waals surface area contributed by atoms with Gasteiger partial charge >= 0.3 is 6.09 Å². The summed E-state index contributed by atoms with van der Waals surface area (Å²) in [6.45, 7) is 0.0272. The zero-order valence-corrected chi connectivity index (χ0v) is 34.1. The molecule has 5 atom stereocenters. The highest BCUT2D eigenvalue weighted by atomic mass is 32.2. The summed E-state index contributed by atoms with van der Waals surface area (Å²) >= 11 is 1.40. The van der Waals surface area contributed by atoms with Crippen LogP contribution in [0.4, 0.5) is 4.79 Å². The first-order valence-corrected chi connectivity index (χ1v) is 22.8. The monoisotopic (exact) mass is 834 g/mol. The van der Waals surface area contributed by atoms with E-state index in [9.17, 15) is 27.6 Å². The molecule has 8 rings (SSSR count). The second kappa shape index (κ2) is 16.8. The molecule has 2 aliphatic heterocycles. The maximum atomic E-state index is 14.8. The highest BCUT2D eigenvalue weighted by Crippen LogP contribution is 2.46. The fourth-order valence-corrected chi connectivity index (χ4v) is 10.4. The number of nitrogens with one attached hydrogen (secondary N) is 3. The topological polar surface area (TPSA) is 204 Å². The molecule has 2 aromatic heterocycles. The van der Waals surface area contributed by atoms with Crippen molar-refractivity contribution in [1.29, 1.82) is 0 Å². The number of nitrogens with zero attached hydrogens (tertiary/aromatic N) is 5. The van der Waals surface area contributed by atoms with Crippen LogP contribution in [0.2, 0.25) is 0 Å². The fourth-order valence-electron chi connectivity index (χ4n) is 8.37. The van der Waals surface area contributed by atoms with Crippen LogP contribution in [0.3, 0.4) is 0 Å². The summed E-state index contributed by atoms with van der Waals surface area (Å²) in [5.41, 5.74) is 0.350. The third kappa shape index (κ3) is 8.63. The molecule has 0 spiro atoms. The summed E-state index contributed by atoms with van der Waals surface area (Å²) in [7, 11) is -2.31. The van der Waals surface area contributed by atoms with Crippen molar-refractivity contribution in [2.24, 2.45) is 5.92 Å². The molecule has 5 aliphatic rings. The van der Waals surface area contributed by atoms with Crippen LogP contribution in [0.25, 0.3) is 22.0 Å². The first kappa shape index (κ1) is 40.0. The van der Waals surface area contributed by atoms with E-state index in [4.69, 9.17) is 19.7 Å². The second-order valence-electron chi connectivity index (χ2n) is 16.1. The molecule has 3 aliphatic carbocycles. The molecule has 16 nitrogen and oxygen atoms in total. The van der Waals surface area contributed by atoms with Crippen molar-refractivity contribution in [3.05, 3.63) is 48.0 Å². The van der Waals surface area contributed by atoms with Gasteiger partial charge in [0.25, 0.3) is 5.91 Å². The Morgan fingerprint density at radius 3 is 2.43 bits per heavy atom. The highest BCUT2D eigenvalue weighted by Gasteiger charge is 2.62. The van der Waals surface area contributed by atoms with Gasteiger partial charge in [-0.2, -0.15) is 9.90 Å². The molecule has 0 unspecified atom stereocenters. The van der Waals surface area contributed by atoms with Gasteiger partial charge in [0.1, 0.15) is 45.9 Å². The third-order valence-corrected chi connectivity index (χ3v) is 14.5. The third-order valence-electron chi connectivity index (χ3n) is 11.9. The lowest BCUT2D eigenvalue weighted by atomic mass is 9.98. The van der Waals surface area contributed by atoms with Gasteiger partial charge in [-0.15, -0.1) is 16.4 Å². The lowest BCUT2D eigenvalue weighted by Gasteiger charge is -2.30. The average molecular weight is 835 g/mol. The maximum Gasteiger partial charge on any atom is 0.408 e. The number of hydrogen-bond acceptors (Lipinski definition) is 12. The Morgan fingerprint density at radius 2 is 1.71 bits per heavy atom. The number of aromatic nitrogens is 4. The molecule has 1 aromatic carbocycles. The Labute approximate surface area is 341 Å². The first-order valence-electron chi connectivity index (χ1n) is 20.4. The van der Waals surface area contributed by atoms with E-state index in [2.05, 4.69) is 20.3 Å². The van der Waals surface area contributed by atoms with Gasteiger partial charge in [-0.3, -0.25) is 19.1 Å². The molecule has 4 heterocycles. The number of hydrogen-bond donors (Lipinski definition) is 3. The van der Waals surface area contributed by atoms with Crippen molar-refractivity contribution < 1.29 is 37.1 Å². The van der Waals surface area contributed by atoms with Crippen LogP contribution >= 0.6 is 11.3 Å². The predicted octanol–water partition coefficient (Wildman–Crippen LogP) is 4.65. The van der Waals surface area contributed by atoms with Gasteiger partial charge in [0.05, 0.1) is 18.4 Å². The van der Waals surface area contributed by atoms with Crippen molar-refractivity contribution in [3.63, 3.8) is 0 Å². The van der Waals surface area contributed by atoms with Gasteiger partial charge in [-0.25, -0.2) is 18.2 Å². The molecule has 4 fully saturated rings. The lowest BCUT2D eigenvalue weighted by molar-refractivity contribution is -0.141. The SMILES string of the molecule is COc1ccc(-c2nn([C@@H]3C[C@H]4C(=O)N[C@]5(C(=O)NS(=O)(=O)C6CC6)C[C@H]5/C=C/CCCCC[C@@H](NC(=O)OC5CCCCC5)C(=O)N4C3)nc2-c2nccs2)cc1. The quantitative estimate of drug-likeness (QED) is 0.253. The summed E-state index contributed by atoms with van der Waals surface area (Å²) in [6, 6.07) is 4.72. The smallest absolute Gasteiger partial charge is 0.408 e. The highest BCUT2D eigenvalue weighted by molar-refractivity contribution is 7.91. The van der Waals surface area contributed by atoms with Gasteiger partial charge < -0.3 is 25.0 Å². The number of allylic oxidation sites excluding steroid dienone is 1. The zero-order chi connectivity index (χ0) is 40.4. The fraction of sp³-hybridized carbons (Fsp3) is 0.575. The summed E-state index contributed by atoms with van der Waals surface area (Å²) < 4.78 is 39.2. The van der Waals surface area contributed by atoms with Gasteiger partial charge in [-0.05, 0) is 88.5 Å². The maximum absolute atomic E-state index is 14.8. The number of sulfonamides is 1. The molecule has 4 amide bonds. The zero-order valence-electron chi connectivity index (χ0n) is 32.5. The number of methoxy groups -OCH3 is 1. The van der Waals surface area contributed by atoms with Crippen LogP contribution in [-0.2, 0) is 29.1 Å². The van der Waals surface area contributed by atoms with Crippen molar-refractivity contribution in [2.45, 2.75) is 125 Å². The van der Waals surface area contributed by atoms with Crippen LogP contribution < -0.4 is 20.1 Å². The Hall–Kier alpha value is -4.84. The number of amides is 4. The molecule has 3 aromatic rings.